The van der Waals surface area contributed by atoms with Crippen LogP contribution in [0.2, 0.25) is 0 Å². The summed E-state index contributed by atoms with van der Waals surface area (Å²) < 4.78 is 37.3. The molecule has 4 heteroatoms. The molecule has 0 spiro atoms. The second-order valence-electron chi connectivity index (χ2n) is 5.21. The lowest BCUT2D eigenvalue weighted by Crippen LogP contribution is -2.33. The van der Waals surface area contributed by atoms with Gasteiger partial charge in [0.05, 0.1) is 0 Å². The van der Waals surface area contributed by atoms with Crippen LogP contribution in [0.1, 0.15) is 44.1 Å². The zero-order valence-electron chi connectivity index (χ0n) is 10.8. The number of hydrogen-bond donors (Lipinski definition) is 0. The van der Waals surface area contributed by atoms with Gasteiger partial charge < -0.3 is 12.9 Å². The third kappa shape index (κ3) is 4.35. The Balaban J connectivity index is 1.92. The summed E-state index contributed by atoms with van der Waals surface area (Å²) in [5.41, 5.74) is 0.109. The smallest absolute Gasteiger partial charge is 0.445 e. The van der Waals surface area contributed by atoms with E-state index < -0.39 is 12.4 Å². The molecular formula is C15H17BF3-. The molecule has 0 atom stereocenters. The van der Waals surface area contributed by atoms with Crippen molar-refractivity contribution >= 4 is 12.4 Å². The van der Waals surface area contributed by atoms with Crippen molar-refractivity contribution in [3.63, 3.8) is 0 Å². The molecule has 1 aromatic carbocycles. The Bertz CT molecular complexity index is 459. The summed E-state index contributed by atoms with van der Waals surface area (Å²) in [5, 5.41) is 0. The lowest BCUT2D eigenvalue weighted by molar-refractivity contribution is 0.365. The zero-order valence-corrected chi connectivity index (χ0v) is 10.8. The summed E-state index contributed by atoms with van der Waals surface area (Å²) in [5.74, 6) is 6.74. The quantitative estimate of drug-likeness (QED) is 0.558. The Morgan fingerprint density at radius 3 is 2.21 bits per heavy atom. The Morgan fingerprint density at radius 1 is 1.00 bits per heavy atom. The average molecular weight is 265 g/mol. The molecule has 0 radical (unpaired) electrons. The monoisotopic (exact) mass is 265 g/mol. The van der Waals surface area contributed by atoms with Gasteiger partial charge in [-0.1, -0.05) is 43.2 Å². The van der Waals surface area contributed by atoms with Gasteiger partial charge >= 0.3 is 6.98 Å². The van der Waals surface area contributed by atoms with Crippen LogP contribution in [-0.2, 0) is 0 Å². The molecule has 1 fully saturated rings. The fraction of sp³-hybridized carbons (Fsp3) is 0.467. The molecule has 0 unspecified atom stereocenters. The first-order chi connectivity index (χ1) is 9.05. The van der Waals surface area contributed by atoms with Gasteiger partial charge in [0.25, 0.3) is 0 Å². The molecule has 0 nitrogen and oxygen atoms in total. The summed E-state index contributed by atoms with van der Waals surface area (Å²) >= 11 is 0. The van der Waals surface area contributed by atoms with E-state index in [1.54, 1.807) is 0 Å². The van der Waals surface area contributed by atoms with Gasteiger partial charge in [-0.15, -0.1) is 5.46 Å². The fourth-order valence-electron chi connectivity index (χ4n) is 2.47. The third-order valence-corrected chi connectivity index (χ3v) is 3.64. The van der Waals surface area contributed by atoms with E-state index in [-0.39, 0.29) is 0 Å². The van der Waals surface area contributed by atoms with Gasteiger partial charge in [-0.2, -0.15) is 0 Å². The minimum atomic E-state index is -4.90. The summed E-state index contributed by atoms with van der Waals surface area (Å²) in [6.07, 6.45) is 7.24. The van der Waals surface area contributed by atoms with E-state index >= 15 is 0 Å². The molecule has 1 aliphatic carbocycles. The normalized spacial score (nSPS) is 16.8. The molecule has 0 aromatic heterocycles. The lowest BCUT2D eigenvalue weighted by atomic mass is 9.80. The molecule has 1 aliphatic rings. The summed E-state index contributed by atoms with van der Waals surface area (Å²) in [6.45, 7) is -4.90. The summed E-state index contributed by atoms with van der Waals surface area (Å²) in [6, 6.07) is 5.14. The molecule has 0 aliphatic heterocycles. The molecule has 102 valence electrons. The van der Waals surface area contributed by atoms with E-state index in [0.717, 1.165) is 18.6 Å². The number of hydrogen-bond acceptors (Lipinski definition) is 0. The van der Waals surface area contributed by atoms with Crippen LogP contribution >= 0.6 is 0 Å². The highest BCUT2D eigenvalue weighted by Crippen LogP contribution is 2.25. The lowest BCUT2D eigenvalue weighted by Gasteiger charge is -2.18. The SMILES string of the molecule is F[B-](F)(F)c1ccc(C#CCC2CCCCC2)cc1. The van der Waals surface area contributed by atoms with Crippen molar-refractivity contribution in [2.75, 3.05) is 0 Å². The first-order valence-electron chi connectivity index (χ1n) is 6.84. The topological polar surface area (TPSA) is 0 Å². The molecule has 0 N–H and O–H groups in total. The van der Waals surface area contributed by atoms with Crippen LogP contribution in [0.3, 0.4) is 0 Å². The maximum atomic E-state index is 12.4. The highest BCUT2D eigenvalue weighted by atomic mass is 19.4. The molecule has 0 amide bonds. The van der Waals surface area contributed by atoms with E-state index in [4.69, 9.17) is 0 Å². The standard InChI is InChI=1S/C15H17BF3/c17-16(18,19)15-11-9-14(10-12-15)8-4-7-13-5-2-1-3-6-13/h9-13H,1-3,5-7H2/q-1. The van der Waals surface area contributed by atoms with Gasteiger partial charge in [-0.05, 0) is 30.9 Å². The van der Waals surface area contributed by atoms with E-state index in [2.05, 4.69) is 11.8 Å². The second kappa shape index (κ2) is 6.19. The maximum Gasteiger partial charge on any atom is 0.509 e. The van der Waals surface area contributed by atoms with Gasteiger partial charge in [0.15, 0.2) is 0 Å². The minimum absolute atomic E-state index is 0.558. The average Bonchev–Trinajstić information content (AvgIpc) is 2.39. The van der Waals surface area contributed by atoms with Gasteiger partial charge in [0, 0.05) is 12.0 Å². The van der Waals surface area contributed by atoms with Crippen LogP contribution in [0.25, 0.3) is 0 Å². The first-order valence-corrected chi connectivity index (χ1v) is 6.84. The number of benzene rings is 1. The third-order valence-electron chi connectivity index (χ3n) is 3.64. The van der Waals surface area contributed by atoms with Crippen LogP contribution in [0, 0.1) is 17.8 Å². The molecule has 0 saturated heterocycles. The van der Waals surface area contributed by atoms with Crippen LogP contribution in [-0.4, -0.2) is 6.98 Å². The Kier molecular flexibility index (Phi) is 4.58. The van der Waals surface area contributed by atoms with Gasteiger partial charge in [-0.3, -0.25) is 0 Å². The molecule has 0 bridgehead atoms. The van der Waals surface area contributed by atoms with Crippen LogP contribution in [0.5, 0.6) is 0 Å². The fourth-order valence-corrected chi connectivity index (χ4v) is 2.47. The highest BCUT2D eigenvalue weighted by molar-refractivity contribution is 6.73. The predicted octanol–water partition coefficient (Wildman–Crippen LogP) is 4.06. The van der Waals surface area contributed by atoms with E-state index in [1.165, 1.54) is 44.2 Å². The first kappa shape index (κ1) is 14.1. The summed E-state index contributed by atoms with van der Waals surface area (Å²) in [7, 11) is 0. The Labute approximate surface area is 112 Å². The van der Waals surface area contributed by atoms with Gasteiger partial charge in [0.1, 0.15) is 0 Å². The molecule has 19 heavy (non-hydrogen) atoms. The molecule has 1 aromatic rings. The zero-order chi connectivity index (χ0) is 13.7. The predicted molar refractivity (Wildman–Crippen MR) is 73.2 cm³/mol. The minimum Gasteiger partial charge on any atom is -0.445 e. The number of halogens is 3. The van der Waals surface area contributed by atoms with Crippen molar-refractivity contribution in [1.29, 1.82) is 0 Å². The van der Waals surface area contributed by atoms with Crippen LogP contribution in [0.4, 0.5) is 12.9 Å². The van der Waals surface area contributed by atoms with Crippen molar-refractivity contribution in [2.24, 2.45) is 5.92 Å². The van der Waals surface area contributed by atoms with Gasteiger partial charge in [-0.25, -0.2) is 0 Å². The van der Waals surface area contributed by atoms with E-state index in [9.17, 15) is 12.9 Å². The second-order valence-corrected chi connectivity index (χ2v) is 5.21. The van der Waals surface area contributed by atoms with E-state index in [0.29, 0.717) is 11.5 Å². The molecule has 1 saturated carbocycles. The van der Waals surface area contributed by atoms with Crippen molar-refractivity contribution in [3.8, 4) is 11.8 Å². The van der Waals surface area contributed by atoms with Crippen LogP contribution < -0.4 is 5.46 Å². The van der Waals surface area contributed by atoms with E-state index in [1.807, 2.05) is 0 Å². The van der Waals surface area contributed by atoms with Crippen molar-refractivity contribution in [3.05, 3.63) is 29.8 Å². The van der Waals surface area contributed by atoms with Crippen molar-refractivity contribution in [1.82, 2.24) is 0 Å². The van der Waals surface area contributed by atoms with Crippen molar-refractivity contribution in [2.45, 2.75) is 38.5 Å². The Morgan fingerprint density at radius 2 is 1.63 bits per heavy atom. The largest absolute Gasteiger partial charge is 0.509 e. The number of rotatable bonds is 2. The Hall–Kier alpha value is -1.37. The molecule has 2 rings (SSSR count). The van der Waals surface area contributed by atoms with Crippen molar-refractivity contribution < 1.29 is 12.9 Å². The van der Waals surface area contributed by atoms with Crippen LogP contribution in [0.15, 0.2) is 24.3 Å². The molecular weight excluding hydrogens is 248 g/mol. The summed E-state index contributed by atoms with van der Waals surface area (Å²) in [4.78, 5) is 0. The van der Waals surface area contributed by atoms with Gasteiger partial charge in [0.2, 0.25) is 0 Å². The molecule has 0 heterocycles. The maximum absolute atomic E-state index is 12.4. The highest BCUT2D eigenvalue weighted by Gasteiger charge is 2.24.